The number of aryl methyl sites for hydroxylation is 1. The smallest absolute Gasteiger partial charge is 0.337 e. The van der Waals surface area contributed by atoms with Crippen LogP contribution in [-0.4, -0.2) is 76.2 Å². The molecule has 0 saturated carbocycles. The van der Waals surface area contributed by atoms with E-state index in [-0.39, 0.29) is 73.8 Å². The number of amides is 1. The van der Waals surface area contributed by atoms with E-state index in [9.17, 15) is 52.4 Å². The van der Waals surface area contributed by atoms with Crippen LogP contribution in [0, 0.1) is 11.2 Å². The molecule has 2 heterocycles. The van der Waals surface area contributed by atoms with Crippen LogP contribution in [0.25, 0.3) is 0 Å². The highest BCUT2D eigenvalue weighted by atomic mass is 32.2. The van der Waals surface area contributed by atoms with E-state index in [1.54, 1.807) is 6.92 Å². The fourth-order valence-corrected chi connectivity index (χ4v) is 10.4. The van der Waals surface area contributed by atoms with Crippen LogP contribution in [0.3, 0.4) is 0 Å². The summed E-state index contributed by atoms with van der Waals surface area (Å²) in [6.45, 7) is 1.54. The Balaban J connectivity index is 1.63. The van der Waals surface area contributed by atoms with Crippen molar-refractivity contribution in [3.63, 3.8) is 0 Å². The van der Waals surface area contributed by atoms with Crippen LogP contribution < -0.4 is 0 Å². The fourth-order valence-electron chi connectivity index (χ4n) is 7.17. The number of nitrogens with zero attached hydrogens (tertiary/aromatic N) is 2. The molecule has 2 aromatic rings. The molecule has 17 heteroatoms. The van der Waals surface area contributed by atoms with E-state index in [4.69, 9.17) is 0 Å². The zero-order valence-electron chi connectivity index (χ0n) is 24.6. The number of carbonyl (C=O) groups is 1. The van der Waals surface area contributed by atoms with Crippen LogP contribution in [0.15, 0.2) is 47.4 Å². The number of carbonyl (C=O) groups excluding carboxylic acids is 1. The van der Waals surface area contributed by atoms with Gasteiger partial charge in [0.05, 0.1) is 17.2 Å². The van der Waals surface area contributed by atoms with Gasteiger partial charge in [-0.3, -0.25) is 4.79 Å². The Labute approximate surface area is 260 Å². The van der Waals surface area contributed by atoms with Crippen molar-refractivity contribution >= 4 is 25.8 Å². The third-order valence-electron chi connectivity index (χ3n) is 9.74. The number of sulfonamides is 1. The van der Waals surface area contributed by atoms with Gasteiger partial charge in [0.1, 0.15) is 10.6 Å². The molecular weight excluding hydrogens is 672 g/mol. The molecule has 0 aromatic heterocycles. The summed E-state index contributed by atoms with van der Waals surface area (Å²) in [5, 5.41) is 0. The van der Waals surface area contributed by atoms with Crippen molar-refractivity contribution in [1.82, 2.24) is 9.21 Å². The Morgan fingerprint density at radius 1 is 0.848 bits per heavy atom. The lowest BCUT2D eigenvalue weighted by molar-refractivity contribution is -0.348. The second kappa shape index (κ2) is 10.9. The van der Waals surface area contributed by atoms with Crippen LogP contribution in [-0.2, 0) is 41.5 Å². The molecule has 0 bridgehead atoms. The molecule has 2 saturated heterocycles. The van der Waals surface area contributed by atoms with Gasteiger partial charge in [0.15, 0.2) is 9.84 Å². The van der Waals surface area contributed by atoms with Gasteiger partial charge in [0, 0.05) is 30.6 Å². The van der Waals surface area contributed by atoms with Gasteiger partial charge in [0.2, 0.25) is 15.9 Å². The molecule has 2 fully saturated rings. The Bertz CT molecular complexity index is 1740. The minimum Gasteiger partial charge on any atom is -0.337 e. The van der Waals surface area contributed by atoms with Crippen LogP contribution in [0.4, 0.5) is 35.1 Å². The van der Waals surface area contributed by atoms with Crippen molar-refractivity contribution in [2.24, 2.45) is 5.41 Å². The molecule has 1 amide bonds. The molecule has 254 valence electrons. The first kappa shape index (κ1) is 34.5. The Kier molecular flexibility index (Phi) is 8.16. The average Bonchev–Trinajstić information content (AvgIpc) is 3.36. The Morgan fingerprint density at radius 3 is 1.93 bits per heavy atom. The molecule has 7 nitrogen and oxygen atoms in total. The average molecular weight is 703 g/mol. The van der Waals surface area contributed by atoms with E-state index >= 15 is 4.39 Å². The lowest BCUT2D eigenvalue weighted by Crippen LogP contribution is -2.56. The summed E-state index contributed by atoms with van der Waals surface area (Å²) in [6.07, 6.45) is -12.3. The lowest BCUT2D eigenvalue weighted by Gasteiger charge is -2.45. The van der Waals surface area contributed by atoms with Crippen LogP contribution in [0.1, 0.15) is 49.3 Å². The summed E-state index contributed by atoms with van der Waals surface area (Å²) in [5.41, 5.74) is -9.01. The minimum absolute atomic E-state index is 0.0353. The van der Waals surface area contributed by atoms with Crippen molar-refractivity contribution in [1.29, 1.82) is 0 Å². The van der Waals surface area contributed by atoms with Gasteiger partial charge in [-0.15, -0.1) is 0 Å². The molecule has 2 aliphatic heterocycles. The van der Waals surface area contributed by atoms with Crippen molar-refractivity contribution in [2.75, 3.05) is 25.9 Å². The molecule has 46 heavy (non-hydrogen) atoms. The summed E-state index contributed by atoms with van der Waals surface area (Å²) in [5.74, 6) is -1.24. The summed E-state index contributed by atoms with van der Waals surface area (Å²) in [4.78, 5) is 15.1. The van der Waals surface area contributed by atoms with Crippen molar-refractivity contribution in [3.05, 3.63) is 65.0 Å². The minimum atomic E-state index is -6.38. The van der Waals surface area contributed by atoms with Crippen molar-refractivity contribution in [2.45, 2.75) is 72.7 Å². The van der Waals surface area contributed by atoms with Gasteiger partial charge < -0.3 is 4.90 Å². The molecule has 0 N–H and O–H groups in total. The molecule has 0 unspecified atom stereocenters. The van der Waals surface area contributed by atoms with Crippen LogP contribution >= 0.6 is 0 Å². The second-order valence-electron chi connectivity index (χ2n) is 12.4. The zero-order chi connectivity index (χ0) is 34.3. The number of fused-ring (bicyclic) bond motifs is 3. The maximum absolute atomic E-state index is 15.0. The summed E-state index contributed by atoms with van der Waals surface area (Å²) in [7, 11) is -8.16. The number of piperidine rings is 1. The van der Waals surface area contributed by atoms with Gasteiger partial charge in [-0.25, -0.2) is 29.9 Å². The zero-order valence-corrected chi connectivity index (χ0v) is 26.2. The van der Waals surface area contributed by atoms with Gasteiger partial charge in [-0.1, -0.05) is 25.1 Å². The first-order valence-electron chi connectivity index (χ1n) is 14.2. The number of alkyl halides is 7. The second-order valence-corrected chi connectivity index (χ2v) is 16.6. The Hall–Kier alpha value is -2.79. The van der Waals surface area contributed by atoms with Gasteiger partial charge in [-0.05, 0) is 67.5 Å². The largest absolute Gasteiger partial charge is 0.435 e. The monoisotopic (exact) mass is 702 g/mol. The summed E-state index contributed by atoms with van der Waals surface area (Å²) < 4.78 is 162. The van der Waals surface area contributed by atoms with Gasteiger partial charge in [-0.2, -0.15) is 26.3 Å². The number of halogens is 8. The predicted octanol–water partition coefficient (Wildman–Crippen LogP) is 5.39. The molecule has 0 radical (unpaired) electrons. The van der Waals surface area contributed by atoms with Gasteiger partial charge in [0.25, 0.3) is 0 Å². The standard InChI is InChI=1S/C29H30F8N2O5S2/c1-25(11-14-38(15-12-25)45(2,41)42)24(40)39-16-13-26(46(43,44)21-7-5-20(30)6-8-21)22-9-4-19(17-18(22)3-10-23(26)39)27(31,28(32,33)34)29(35,36)37/h4-9,17,23H,3,10-16H2,1-2H3/t23-,26-/m0/s1. The SMILES string of the molecule is CC1(C(=O)N2CC[C@]3(S(=O)(=O)c4ccc(F)cc4)c4ccc(C(F)(C(F)(F)F)C(F)(F)F)cc4CC[C@H]23)CCN(S(C)(=O)=O)CC1. The number of likely N-dealkylation sites (tertiary alicyclic amines) is 1. The highest BCUT2D eigenvalue weighted by Crippen LogP contribution is 2.57. The number of hydrogen-bond donors (Lipinski definition) is 0. The van der Waals surface area contributed by atoms with E-state index in [0.717, 1.165) is 36.6 Å². The number of sulfone groups is 1. The molecule has 5 rings (SSSR count). The summed E-state index contributed by atoms with van der Waals surface area (Å²) in [6, 6.07) is 3.99. The molecule has 2 aromatic carbocycles. The summed E-state index contributed by atoms with van der Waals surface area (Å²) >= 11 is 0. The van der Waals surface area contributed by atoms with Crippen LogP contribution in [0.5, 0.6) is 0 Å². The maximum Gasteiger partial charge on any atom is 0.435 e. The third-order valence-corrected chi connectivity index (χ3v) is 13.6. The van der Waals surface area contributed by atoms with Gasteiger partial charge >= 0.3 is 18.0 Å². The predicted molar refractivity (Wildman–Crippen MR) is 149 cm³/mol. The molecule has 1 aliphatic carbocycles. The quantitative estimate of drug-likeness (QED) is 0.308. The first-order chi connectivity index (χ1) is 21.0. The molecule has 0 spiro atoms. The number of benzene rings is 2. The van der Waals surface area contributed by atoms with E-state index in [1.165, 1.54) is 9.21 Å². The highest BCUT2D eigenvalue weighted by molar-refractivity contribution is 7.92. The maximum atomic E-state index is 15.0. The highest BCUT2D eigenvalue weighted by Gasteiger charge is 2.74. The number of hydrogen-bond acceptors (Lipinski definition) is 5. The first-order valence-corrected chi connectivity index (χ1v) is 17.6. The topological polar surface area (TPSA) is 91.8 Å². The van der Waals surface area contributed by atoms with E-state index in [0.29, 0.717) is 6.07 Å². The molecular formula is C29H30F8N2O5S2. The normalized spacial score (nSPS) is 24.4. The fraction of sp³-hybridized carbons (Fsp3) is 0.552. The van der Waals surface area contributed by atoms with E-state index in [1.807, 2.05) is 0 Å². The Morgan fingerprint density at radius 2 is 1.41 bits per heavy atom. The molecule has 2 atom stereocenters. The van der Waals surface area contributed by atoms with Crippen LogP contribution in [0.2, 0.25) is 0 Å². The lowest BCUT2D eigenvalue weighted by atomic mass is 9.75. The molecule has 3 aliphatic rings. The van der Waals surface area contributed by atoms with E-state index in [2.05, 4.69) is 0 Å². The number of rotatable bonds is 5. The van der Waals surface area contributed by atoms with Crippen molar-refractivity contribution < 1.29 is 56.8 Å². The van der Waals surface area contributed by atoms with Crippen molar-refractivity contribution in [3.8, 4) is 0 Å². The van der Waals surface area contributed by atoms with E-state index < -0.39 is 71.4 Å². The third kappa shape index (κ3) is 5.11.